The van der Waals surface area contributed by atoms with Crippen LogP contribution in [0.15, 0.2) is 121 Å². The third-order valence-electron chi connectivity index (χ3n) is 13.0. The summed E-state index contributed by atoms with van der Waals surface area (Å²) in [7, 11) is 0. The van der Waals surface area contributed by atoms with Gasteiger partial charge in [0.05, 0.1) is 0 Å². The maximum atomic E-state index is 5.65. The number of benzene rings is 8. The quantitative estimate of drug-likeness (QED) is 0.154. The van der Waals surface area contributed by atoms with Gasteiger partial charge in [0.15, 0.2) is 0 Å². The third-order valence-corrected chi connectivity index (χ3v) is 13.0. The first-order valence-corrected chi connectivity index (χ1v) is 21.9. The zero-order valence-corrected chi connectivity index (χ0v) is 50.7. The monoisotopic (exact) mass is 1170 g/mol. The molecular weight excluding hydrogens is 1120 g/mol. The van der Waals surface area contributed by atoms with Gasteiger partial charge in [-0.25, -0.2) is 42.0 Å². The minimum Gasteiger partial charge on any atom is -0.344 e. The zero-order valence-electron chi connectivity index (χ0n) is 39.3. The zero-order chi connectivity index (χ0) is 44.5. The predicted molar refractivity (Wildman–Crippen MR) is 268 cm³/mol. The van der Waals surface area contributed by atoms with Gasteiger partial charge in [0, 0.05) is 131 Å². The Morgan fingerprint density at radius 3 is 1.72 bits per heavy atom. The molecule has 0 fully saturated rings. The van der Waals surface area contributed by atoms with Crippen molar-refractivity contribution < 1.29 is 131 Å². The van der Waals surface area contributed by atoms with Crippen molar-refractivity contribution in [1.82, 2.24) is 0 Å². The van der Waals surface area contributed by atoms with Crippen LogP contribution in [0.4, 0.5) is 0 Å². The first-order chi connectivity index (χ1) is 31.2. The van der Waals surface area contributed by atoms with E-state index in [4.69, 9.17) is 26.3 Å². The van der Waals surface area contributed by atoms with Crippen molar-refractivity contribution in [3.05, 3.63) is 261 Å². The van der Waals surface area contributed by atoms with Gasteiger partial charge >= 0.3 is 0 Å². The molecule has 0 bridgehead atoms. The minimum absolute atomic E-state index is 0. The second-order valence-electron chi connectivity index (χ2n) is 17.1. The van der Waals surface area contributed by atoms with Crippen LogP contribution in [-0.2, 0) is 157 Å². The maximum absolute atomic E-state index is 5.65. The number of rotatable bonds is 4. The van der Waals surface area contributed by atoms with Crippen LogP contribution in [0.1, 0.15) is 89.0 Å². The second-order valence-corrected chi connectivity index (χ2v) is 17.1. The van der Waals surface area contributed by atoms with Gasteiger partial charge in [-0.1, -0.05) is 138 Å². The van der Waals surface area contributed by atoms with Gasteiger partial charge < -0.3 is 55.7 Å². The van der Waals surface area contributed by atoms with Crippen molar-refractivity contribution in [3.63, 3.8) is 0 Å². The molecule has 0 amide bonds. The van der Waals surface area contributed by atoms with Crippen LogP contribution in [0.25, 0.3) is 68.8 Å². The van der Waals surface area contributed by atoms with Crippen molar-refractivity contribution in [2.75, 3.05) is 0 Å². The average Bonchev–Trinajstić information content (AvgIpc) is 4.10. The number of fused-ring (bicyclic) bond motifs is 12. The summed E-state index contributed by atoms with van der Waals surface area (Å²) in [4.78, 5) is 0. The Kier molecular flexibility index (Phi) is 20.6. The smallest absolute Gasteiger partial charge is 0 e. The van der Waals surface area contributed by atoms with E-state index in [0.29, 0.717) is 0 Å². The Bertz CT molecular complexity index is 3180. The van der Waals surface area contributed by atoms with E-state index in [1.807, 2.05) is 12.1 Å². The molecule has 324 valence electrons. The maximum Gasteiger partial charge on any atom is 0 e. The standard InChI is InChI=1S/4C16H12.4Y/c1-3-12-5-7-14-10-13-6-4-11(2)8-15(13)16(14)9-12;1-3-12-5-4-6-13-10-14-9-11(2)7-8-15(14)16(12)13;1-3-12-8-11(2)15-10-13-6-4-5-7-14(13)16(15)9-12;1-3-12-8-9-15-14-7-5-4-6-13(14)10-16(15)11(12)2;;;;/h1,3-8H,10H2,2H3;1,3-4,6-9H,10H2,2H3;2*1,3-7,9H,10H2,2H3;;;;/q4*-2;;;;. The molecule has 0 heterocycles. The summed E-state index contributed by atoms with van der Waals surface area (Å²) in [5.41, 5.74) is 30.6. The van der Waals surface area contributed by atoms with Crippen molar-refractivity contribution in [3.8, 4) is 44.5 Å². The third kappa shape index (κ3) is 11.6. The van der Waals surface area contributed by atoms with Crippen LogP contribution in [0.5, 0.6) is 0 Å². The summed E-state index contributed by atoms with van der Waals surface area (Å²) >= 11 is 0. The molecule has 0 N–H and O–H groups in total. The number of hydrogen-bond acceptors (Lipinski definition) is 0. The van der Waals surface area contributed by atoms with E-state index in [9.17, 15) is 0 Å². The molecular formula is C64H48Y4-8. The molecule has 0 aromatic heterocycles. The molecule has 0 nitrogen and oxygen atoms in total. The average molecular weight is 1170 g/mol. The van der Waals surface area contributed by atoms with E-state index in [2.05, 4.69) is 161 Å². The number of aryl methyl sites for hydroxylation is 3. The van der Waals surface area contributed by atoms with Crippen molar-refractivity contribution in [2.45, 2.75) is 53.4 Å². The normalized spacial score (nSPS) is 11.4. The fraction of sp³-hybridized carbons (Fsp3) is 0.125. The summed E-state index contributed by atoms with van der Waals surface area (Å²) in [5, 5.41) is 0. The molecule has 0 saturated carbocycles. The van der Waals surface area contributed by atoms with Crippen molar-refractivity contribution >= 4 is 24.3 Å². The molecule has 4 heteroatoms. The minimum atomic E-state index is 0. The van der Waals surface area contributed by atoms with Gasteiger partial charge in [-0.3, -0.25) is 17.2 Å². The first kappa shape index (κ1) is 56.1. The van der Waals surface area contributed by atoms with Crippen LogP contribution in [0, 0.1) is 78.3 Å². The van der Waals surface area contributed by atoms with Crippen LogP contribution >= 0.6 is 0 Å². The molecule has 4 aliphatic rings. The summed E-state index contributed by atoms with van der Waals surface area (Å²) < 4.78 is 0. The van der Waals surface area contributed by atoms with Crippen molar-refractivity contribution in [1.29, 1.82) is 0 Å². The number of hydrogen-bond donors (Lipinski definition) is 0. The van der Waals surface area contributed by atoms with Crippen LogP contribution in [0.3, 0.4) is 0 Å². The van der Waals surface area contributed by atoms with E-state index >= 15 is 0 Å². The van der Waals surface area contributed by atoms with Gasteiger partial charge in [0.2, 0.25) is 0 Å². The largest absolute Gasteiger partial charge is 0.344 e. The van der Waals surface area contributed by atoms with Gasteiger partial charge in [0.1, 0.15) is 0 Å². The Morgan fingerprint density at radius 2 is 1.03 bits per heavy atom. The van der Waals surface area contributed by atoms with Gasteiger partial charge in [-0.2, -0.15) is 17.7 Å². The van der Waals surface area contributed by atoms with Gasteiger partial charge in [-0.15, -0.1) is 51.1 Å². The fourth-order valence-corrected chi connectivity index (χ4v) is 9.72. The van der Waals surface area contributed by atoms with Crippen LogP contribution in [0.2, 0.25) is 0 Å². The molecule has 0 spiro atoms. The van der Waals surface area contributed by atoms with E-state index in [-0.39, 0.29) is 131 Å². The molecule has 0 aliphatic heterocycles. The molecule has 8 aromatic carbocycles. The molecule has 68 heavy (non-hydrogen) atoms. The SMILES string of the molecule is [CH-]=Cc1[c-]c(C)c2c(c1)-c1ccccc1C2.[CH-]=Cc1[c-]c2c(cc1)Cc1ccc(C)cc1-2.[CH-]=Cc1[c-]cc2c(c1C)Cc1ccccc1-2.[CH-]=Cc1[c-]ccc2c1-c1ccc(C)cc1C2.[Y].[Y].[Y].[Y]. The Morgan fingerprint density at radius 1 is 0.426 bits per heavy atom. The van der Waals surface area contributed by atoms with E-state index < -0.39 is 0 Å². The fourth-order valence-electron chi connectivity index (χ4n) is 9.72. The predicted octanol–water partition coefficient (Wildman–Crippen LogP) is 15.2. The van der Waals surface area contributed by atoms with Crippen LogP contribution in [-0.4, -0.2) is 0 Å². The molecule has 12 rings (SSSR count). The summed E-state index contributed by atoms with van der Waals surface area (Å²) in [6, 6.07) is 55.9. The summed E-state index contributed by atoms with van der Waals surface area (Å²) in [5.74, 6) is 0. The van der Waals surface area contributed by atoms with E-state index in [1.54, 1.807) is 24.3 Å². The molecule has 4 radical (unpaired) electrons. The molecule has 0 unspecified atom stereocenters. The Labute approximate surface area is 506 Å². The van der Waals surface area contributed by atoms with Crippen LogP contribution < -0.4 is 0 Å². The first-order valence-electron chi connectivity index (χ1n) is 21.9. The Hall–Kier alpha value is -2.86. The second kappa shape index (κ2) is 25.0. The van der Waals surface area contributed by atoms with E-state index in [1.165, 1.54) is 111 Å². The summed E-state index contributed by atoms with van der Waals surface area (Å²) in [6.45, 7) is 30.8. The van der Waals surface area contributed by atoms with Gasteiger partial charge in [-0.05, 0) is 61.8 Å². The summed E-state index contributed by atoms with van der Waals surface area (Å²) in [6.07, 6.45) is 10.6. The Balaban J connectivity index is 0.000000166. The van der Waals surface area contributed by atoms with Crippen molar-refractivity contribution in [2.24, 2.45) is 0 Å². The molecule has 0 saturated heterocycles. The molecule has 8 aromatic rings. The van der Waals surface area contributed by atoms with Gasteiger partial charge in [0.25, 0.3) is 0 Å². The van der Waals surface area contributed by atoms with E-state index in [0.717, 1.165) is 47.9 Å². The molecule has 4 aliphatic carbocycles. The molecule has 0 atom stereocenters. The topological polar surface area (TPSA) is 0 Å².